The van der Waals surface area contributed by atoms with Crippen molar-refractivity contribution >= 4 is 10.4 Å². The summed E-state index contributed by atoms with van der Waals surface area (Å²) in [5, 5.41) is 8.90. The molecule has 3 N–H and O–H groups in total. The lowest BCUT2D eigenvalue weighted by Gasteiger charge is -2.09. The number of hydrogen-bond acceptors (Lipinski definition) is 3. The first-order valence-electron chi connectivity index (χ1n) is 8.51. The van der Waals surface area contributed by atoms with Crippen molar-refractivity contribution in [3.8, 4) is 0 Å². The summed E-state index contributed by atoms with van der Waals surface area (Å²) in [5.41, 5.74) is 0. The van der Waals surface area contributed by atoms with E-state index in [4.69, 9.17) is 22.6 Å². The van der Waals surface area contributed by atoms with E-state index in [1.54, 1.807) is 0 Å². The lowest BCUT2D eigenvalue weighted by Crippen LogP contribution is -1.99. The smallest absolute Gasteiger partial charge is 0.394 e. The number of rotatable bonds is 12. The fourth-order valence-electron chi connectivity index (χ4n) is 2.42. The molecule has 5 nitrogen and oxygen atoms in total. The minimum atomic E-state index is -4.67. The Morgan fingerprint density at radius 1 is 0.773 bits per heavy atom. The van der Waals surface area contributed by atoms with E-state index in [2.05, 4.69) is 20.8 Å². The third kappa shape index (κ3) is 28.1. The van der Waals surface area contributed by atoms with Gasteiger partial charge < -0.3 is 5.11 Å². The van der Waals surface area contributed by atoms with Crippen LogP contribution in [0.5, 0.6) is 0 Å². The second-order valence-electron chi connectivity index (χ2n) is 6.33. The van der Waals surface area contributed by atoms with Crippen molar-refractivity contribution in [3.05, 3.63) is 0 Å². The van der Waals surface area contributed by atoms with Crippen LogP contribution in [0.15, 0.2) is 0 Å². The summed E-state index contributed by atoms with van der Waals surface area (Å²) in [4.78, 5) is 0. The monoisotopic (exact) mass is 340 g/mol. The summed E-state index contributed by atoms with van der Waals surface area (Å²) in [6.07, 6.45) is 13.7. The highest BCUT2D eigenvalue weighted by Gasteiger charge is 2.01. The van der Waals surface area contributed by atoms with Gasteiger partial charge in [0.05, 0.1) is 0 Å². The van der Waals surface area contributed by atoms with Gasteiger partial charge in [0.15, 0.2) is 0 Å². The highest BCUT2D eigenvalue weighted by molar-refractivity contribution is 7.79. The van der Waals surface area contributed by atoms with Crippen LogP contribution < -0.4 is 0 Å². The van der Waals surface area contributed by atoms with E-state index in [0.717, 1.165) is 5.92 Å². The molecule has 0 radical (unpaired) electrons. The van der Waals surface area contributed by atoms with Gasteiger partial charge in [-0.05, 0) is 18.3 Å². The molecule has 0 rings (SSSR count). The summed E-state index contributed by atoms with van der Waals surface area (Å²) >= 11 is 0. The van der Waals surface area contributed by atoms with Crippen molar-refractivity contribution < 1.29 is 22.6 Å². The first-order valence-corrected chi connectivity index (χ1v) is 9.91. The molecule has 0 amide bonds. The van der Waals surface area contributed by atoms with Crippen LogP contribution in [-0.4, -0.2) is 29.2 Å². The van der Waals surface area contributed by atoms with Gasteiger partial charge in [-0.15, -0.1) is 0 Å². The normalized spacial score (nSPS) is 14.1. The molecule has 136 valence electrons. The zero-order valence-electron chi connectivity index (χ0n) is 14.5. The van der Waals surface area contributed by atoms with Crippen LogP contribution in [0.1, 0.15) is 85.0 Å². The Kier molecular flexibility index (Phi) is 17.2. The summed E-state index contributed by atoms with van der Waals surface area (Å²) in [7, 11) is -4.67. The standard InChI is InChI=1S/C16H34O.H2O4S/c1-4-11-15(2)12-9-7-5-6-8-10-13-16(3)14-17;1-5(2,3)4/h15-17H,4-14H2,1-3H3;(H2,1,2,3,4). The number of aliphatic hydroxyl groups is 1. The molecule has 2 atom stereocenters. The molecule has 0 saturated carbocycles. The summed E-state index contributed by atoms with van der Waals surface area (Å²) < 4.78 is 31.6. The number of unbranched alkanes of at least 4 members (excludes halogenated alkanes) is 5. The lowest BCUT2D eigenvalue weighted by molar-refractivity contribution is 0.227. The quantitative estimate of drug-likeness (QED) is 0.359. The molecular weight excluding hydrogens is 304 g/mol. The molecule has 0 spiro atoms. The molecule has 0 heterocycles. The molecule has 22 heavy (non-hydrogen) atoms. The Balaban J connectivity index is 0. The largest absolute Gasteiger partial charge is 0.396 e. The van der Waals surface area contributed by atoms with E-state index in [9.17, 15) is 0 Å². The second kappa shape index (κ2) is 15.7. The van der Waals surface area contributed by atoms with Crippen LogP contribution in [0.4, 0.5) is 0 Å². The summed E-state index contributed by atoms with van der Waals surface area (Å²) in [5.74, 6) is 1.44. The maximum atomic E-state index is 8.90. The molecule has 0 aliphatic rings. The van der Waals surface area contributed by atoms with Gasteiger partial charge in [-0.2, -0.15) is 8.42 Å². The Morgan fingerprint density at radius 2 is 1.14 bits per heavy atom. The van der Waals surface area contributed by atoms with E-state index in [1.807, 2.05) is 0 Å². The van der Waals surface area contributed by atoms with Crippen LogP contribution in [0, 0.1) is 11.8 Å². The summed E-state index contributed by atoms with van der Waals surface area (Å²) in [6.45, 7) is 7.16. The molecule has 0 aromatic heterocycles. The minimum Gasteiger partial charge on any atom is -0.396 e. The Labute approximate surface area is 137 Å². The van der Waals surface area contributed by atoms with Gasteiger partial charge in [-0.25, -0.2) is 0 Å². The third-order valence-electron chi connectivity index (χ3n) is 3.74. The van der Waals surface area contributed by atoms with E-state index >= 15 is 0 Å². The van der Waals surface area contributed by atoms with Crippen molar-refractivity contribution in [1.29, 1.82) is 0 Å². The second-order valence-corrected chi connectivity index (χ2v) is 7.22. The predicted octanol–water partition coefficient (Wildman–Crippen LogP) is 4.52. The maximum Gasteiger partial charge on any atom is 0.394 e. The van der Waals surface area contributed by atoms with Crippen molar-refractivity contribution in [2.24, 2.45) is 11.8 Å². The van der Waals surface area contributed by atoms with Crippen molar-refractivity contribution in [2.45, 2.75) is 85.0 Å². The Hall–Kier alpha value is -0.170. The maximum absolute atomic E-state index is 8.90. The third-order valence-corrected chi connectivity index (χ3v) is 3.74. The molecule has 0 aromatic rings. The highest BCUT2D eigenvalue weighted by atomic mass is 32.3. The van der Waals surface area contributed by atoms with E-state index in [0.29, 0.717) is 12.5 Å². The molecule has 0 bridgehead atoms. The van der Waals surface area contributed by atoms with Gasteiger partial charge in [0.2, 0.25) is 0 Å². The molecule has 2 unspecified atom stereocenters. The Bertz CT molecular complexity index is 308. The molecule has 6 heteroatoms. The zero-order valence-corrected chi connectivity index (χ0v) is 15.3. The molecule has 0 saturated heterocycles. The number of hydrogen-bond donors (Lipinski definition) is 3. The van der Waals surface area contributed by atoms with Gasteiger partial charge >= 0.3 is 10.4 Å². The molecule has 0 aliphatic heterocycles. The molecule has 0 aromatic carbocycles. The average Bonchev–Trinajstić information content (AvgIpc) is 2.39. The minimum absolute atomic E-state index is 0.356. The predicted molar refractivity (Wildman–Crippen MR) is 91.4 cm³/mol. The van der Waals surface area contributed by atoms with Gasteiger partial charge in [0.1, 0.15) is 0 Å². The van der Waals surface area contributed by atoms with Crippen molar-refractivity contribution in [3.63, 3.8) is 0 Å². The van der Waals surface area contributed by atoms with E-state index in [-0.39, 0.29) is 0 Å². The van der Waals surface area contributed by atoms with Gasteiger partial charge in [-0.1, -0.05) is 78.6 Å². The van der Waals surface area contributed by atoms with Crippen LogP contribution >= 0.6 is 0 Å². The summed E-state index contributed by atoms with van der Waals surface area (Å²) in [6, 6.07) is 0. The molecule has 0 fully saturated rings. The SMILES string of the molecule is CCCC(C)CCCCCCCCC(C)CO.O=S(=O)(O)O. The first kappa shape index (κ1) is 24.1. The fourth-order valence-corrected chi connectivity index (χ4v) is 2.42. The lowest BCUT2D eigenvalue weighted by atomic mass is 9.97. The Morgan fingerprint density at radius 3 is 1.50 bits per heavy atom. The van der Waals surface area contributed by atoms with Crippen molar-refractivity contribution in [2.75, 3.05) is 6.61 Å². The van der Waals surface area contributed by atoms with Crippen LogP contribution in [0.25, 0.3) is 0 Å². The molecular formula is C16H36O5S. The van der Waals surface area contributed by atoms with Gasteiger partial charge in [0, 0.05) is 6.61 Å². The molecule has 0 aliphatic carbocycles. The van der Waals surface area contributed by atoms with Gasteiger partial charge in [-0.3, -0.25) is 9.11 Å². The first-order chi connectivity index (χ1) is 10.2. The fraction of sp³-hybridized carbons (Fsp3) is 1.00. The van der Waals surface area contributed by atoms with Crippen LogP contribution in [-0.2, 0) is 10.4 Å². The topological polar surface area (TPSA) is 94.8 Å². The highest BCUT2D eigenvalue weighted by Crippen LogP contribution is 2.16. The zero-order chi connectivity index (χ0) is 17.4. The van der Waals surface area contributed by atoms with Crippen molar-refractivity contribution in [1.82, 2.24) is 0 Å². The van der Waals surface area contributed by atoms with Crippen LogP contribution in [0.3, 0.4) is 0 Å². The van der Waals surface area contributed by atoms with E-state index < -0.39 is 10.4 Å². The van der Waals surface area contributed by atoms with Gasteiger partial charge in [0.25, 0.3) is 0 Å². The average molecular weight is 341 g/mol. The van der Waals surface area contributed by atoms with Crippen LogP contribution in [0.2, 0.25) is 0 Å². The van der Waals surface area contributed by atoms with E-state index in [1.165, 1.54) is 64.2 Å². The number of aliphatic hydroxyl groups excluding tert-OH is 1.